The summed E-state index contributed by atoms with van der Waals surface area (Å²) in [6.07, 6.45) is 3.69. The van der Waals surface area contributed by atoms with Crippen molar-refractivity contribution in [2.24, 2.45) is 0 Å². The van der Waals surface area contributed by atoms with E-state index in [-0.39, 0.29) is 5.41 Å². The van der Waals surface area contributed by atoms with Gasteiger partial charge in [0.1, 0.15) is 0 Å². The van der Waals surface area contributed by atoms with Crippen LogP contribution >= 0.6 is 15.9 Å². The number of hydrogen-bond donors (Lipinski definition) is 1. The fourth-order valence-electron chi connectivity index (χ4n) is 2.11. The van der Waals surface area contributed by atoms with Crippen molar-refractivity contribution in [3.63, 3.8) is 0 Å². The minimum atomic E-state index is -0.453. The van der Waals surface area contributed by atoms with E-state index in [2.05, 4.69) is 46.9 Å². The third kappa shape index (κ3) is 3.43. The van der Waals surface area contributed by atoms with Crippen molar-refractivity contribution in [2.45, 2.75) is 31.8 Å². The minimum Gasteiger partial charge on any atom is -0.392 e. The molecule has 100 valence electrons. The predicted molar refractivity (Wildman–Crippen MR) is 81.1 cm³/mol. The molecular weight excluding hydrogens is 302 g/mol. The van der Waals surface area contributed by atoms with Crippen LogP contribution in [0.5, 0.6) is 0 Å². The van der Waals surface area contributed by atoms with Gasteiger partial charge >= 0.3 is 0 Å². The Kier molecular flexibility index (Phi) is 4.38. The molecule has 0 aliphatic heterocycles. The summed E-state index contributed by atoms with van der Waals surface area (Å²) in [5.74, 6) is 0. The van der Waals surface area contributed by atoms with Crippen LogP contribution in [0.25, 0.3) is 0 Å². The lowest BCUT2D eigenvalue weighted by molar-refractivity contribution is 0.0999. The van der Waals surface area contributed by atoms with Gasteiger partial charge in [0.15, 0.2) is 0 Å². The van der Waals surface area contributed by atoms with E-state index >= 15 is 0 Å². The molecule has 1 atom stereocenters. The van der Waals surface area contributed by atoms with Crippen LogP contribution in [-0.4, -0.2) is 16.2 Å². The number of aliphatic hydroxyl groups excluding tert-OH is 1. The Bertz CT molecular complexity index is 539. The van der Waals surface area contributed by atoms with Crippen LogP contribution in [-0.2, 0) is 11.8 Å². The summed E-state index contributed by atoms with van der Waals surface area (Å²) >= 11 is 3.40. The van der Waals surface area contributed by atoms with Gasteiger partial charge in [-0.3, -0.25) is 4.98 Å². The standard InChI is InChI=1S/C16H18BrNO/c1-16(2,13-6-4-3-5-7-13)15(19)9-12-8-14(17)11-18-10-12/h3-8,10-11,15,19H,9H2,1-2H3. The van der Waals surface area contributed by atoms with Crippen molar-refractivity contribution in [3.05, 3.63) is 64.4 Å². The van der Waals surface area contributed by atoms with Gasteiger partial charge in [-0.25, -0.2) is 0 Å². The van der Waals surface area contributed by atoms with Crippen molar-refractivity contribution in [3.8, 4) is 0 Å². The van der Waals surface area contributed by atoms with E-state index in [9.17, 15) is 5.11 Å². The molecule has 0 saturated carbocycles. The lowest BCUT2D eigenvalue weighted by atomic mass is 9.77. The summed E-state index contributed by atoms with van der Waals surface area (Å²) in [5, 5.41) is 10.5. The van der Waals surface area contributed by atoms with Crippen molar-refractivity contribution < 1.29 is 5.11 Å². The topological polar surface area (TPSA) is 33.1 Å². The molecule has 19 heavy (non-hydrogen) atoms. The van der Waals surface area contributed by atoms with E-state index in [1.807, 2.05) is 24.3 Å². The van der Waals surface area contributed by atoms with Gasteiger partial charge in [-0.2, -0.15) is 0 Å². The molecule has 0 aliphatic carbocycles. The number of aliphatic hydroxyl groups is 1. The van der Waals surface area contributed by atoms with Gasteiger partial charge in [-0.15, -0.1) is 0 Å². The van der Waals surface area contributed by atoms with Gasteiger partial charge in [-0.1, -0.05) is 44.2 Å². The molecule has 1 heterocycles. The van der Waals surface area contributed by atoms with Crippen LogP contribution < -0.4 is 0 Å². The second kappa shape index (κ2) is 5.85. The first-order valence-electron chi connectivity index (χ1n) is 6.33. The highest BCUT2D eigenvalue weighted by molar-refractivity contribution is 9.10. The Hall–Kier alpha value is -1.19. The molecule has 0 amide bonds. The molecule has 0 fully saturated rings. The molecule has 0 bridgehead atoms. The first kappa shape index (κ1) is 14.2. The SMILES string of the molecule is CC(C)(c1ccccc1)C(O)Cc1cncc(Br)c1. The van der Waals surface area contributed by atoms with E-state index in [1.54, 1.807) is 12.4 Å². The number of benzene rings is 1. The van der Waals surface area contributed by atoms with E-state index < -0.39 is 6.10 Å². The molecular formula is C16H18BrNO. The molecule has 1 unspecified atom stereocenters. The average Bonchev–Trinajstić information content (AvgIpc) is 2.39. The molecule has 2 aromatic rings. The molecule has 0 radical (unpaired) electrons. The van der Waals surface area contributed by atoms with E-state index in [1.165, 1.54) is 0 Å². The predicted octanol–water partition coefficient (Wildman–Crippen LogP) is 3.73. The number of rotatable bonds is 4. The van der Waals surface area contributed by atoms with Gasteiger partial charge in [0.05, 0.1) is 6.10 Å². The van der Waals surface area contributed by atoms with Crippen LogP contribution in [0.15, 0.2) is 53.3 Å². The Morgan fingerprint density at radius 3 is 2.53 bits per heavy atom. The number of pyridine rings is 1. The monoisotopic (exact) mass is 319 g/mol. The summed E-state index contributed by atoms with van der Waals surface area (Å²) in [5.41, 5.74) is 1.89. The Morgan fingerprint density at radius 2 is 1.89 bits per heavy atom. The van der Waals surface area contributed by atoms with Gasteiger partial charge in [0.25, 0.3) is 0 Å². The average molecular weight is 320 g/mol. The van der Waals surface area contributed by atoms with Crippen LogP contribution in [0, 0.1) is 0 Å². The van der Waals surface area contributed by atoms with Crippen LogP contribution in [0.2, 0.25) is 0 Å². The van der Waals surface area contributed by atoms with E-state index in [0.29, 0.717) is 6.42 Å². The van der Waals surface area contributed by atoms with Crippen LogP contribution in [0.1, 0.15) is 25.0 Å². The fourth-order valence-corrected chi connectivity index (χ4v) is 2.52. The first-order chi connectivity index (χ1) is 9.00. The van der Waals surface area contributed by atoms with Gasteiger partial charge in [0.2, 0.25) is 0 Å². The van der Waals surface area contributed by atoms with Gasteiger partial charge < -0.3 is 5.11 Å². The highest BCUT2D eigenvalue weighted by Gasteiger charge is 2.29. The zero-order valence-electron chi connectivity index (χ0n) is 11.2. The quantitative estimate of drug-likeness (QED) is 0.931. The molecule has 1 aromatic carbocycles. The van der Waals surface area contributed by atoms with Crippen LogP contribution in [0.4, 0.5) is 0 Å². The number of aromatic nitrogens is 1. The highest BCUT2D eigenvalue weighted by atomic mass is 79.9. The number of hydrogen-bond acceptors (Lipinski definition) is 2. The number of nitrogens with zero attached hydrogens (tertiary/aromatic N) is 1. The second-order valence-corrected chi connectivity index (χ2v) is 6.23. The third-order valence-electron chi connectivity index (χ3n) is 3.54. The molecule has 0 spiro atoms. The molecule has 2 nitrogen and oxygen atoms in total. The van der Waals surface area contributed by atoms with Crippen LogP contribution in [0.3, 0.4) is 0 Å². The van der Waals surface area contributed by atoms with E-state index in [0.717, 1.165) is 15.6 Å². The van der Waals surface area contributed by atoms with Crippen molar-refractivity contribution in [1.82, 2.24) is 4.98 Å². The number of halogens is 1. The van der Waals surface area contributed by atoms with Crippen molar-refractivity contribution in [2.75, 3.05) is 0 Å². The third-order valence-corrected chi connectivity index (χ3v) is 3.98. The second-order valence-electron chi connectivity index (χ2n) is 5.32. The maximum Gasteiger partial charge on any atom is 0.0672 e. The lowest BCUT2D eigenvalue weighted by Crippen LogP contribution is -2.35. The zero-order valence-corrected chi connectivity index (χ0v) is 12.8. The Morgan fingerprint density at radius 1 is 1.21 bits per heavy atom. The molecule has 1 aromatic heterocycles. The molecule has 0 aliphatic rings. The summed E-state index contributed by atoms with van der Waals surface area (Å²) in [6, 6.07) is 12.1. The maximum absolute atomic E-state index is 10.5. The Labute approximate surface area is 122 Å². The van der Waals surface area contributed by atoms with Gasteiger partial charge in [-0.05, 0) is 33.1 Å². The molecule has 3 heteroatoms. The largest absolute Gasteiger partial charge is 0.392 e. The summed E-state index contributed by atoms with van der Waals surface area (Å²) in [6.45, 7) is 4.14. The van der Waals surface area contributed by atoms with E-state index in [4.69, 9.17) is 0 Å². The molecule has 1 N–H and O–H groups in total. The van der Waals surface area contributed by atoms with Crippen molar-refractivity contribution >= 4 is 15.9 Å². The maximum atomic E-state index is 10.5. The molecule has 2 rings (SSSR count). The normalized spacial score (nSPS) is 13.3. The van der Waals surface area contributed by atoms with Gasteiger partial charge in [0, 0.05) is 28.7 Å². The lowest BCUT2D eigenvalue weighted by Gasteiger charge is -2.31. The smallest absolute Gasteiger partial charge is 0.0672 e. The Balaban J connectivity index is 2.17. The summed E-state index contributed by atoms with van der Waals surface area (Å²) in [7, 11) is 0. The zero-order chi connectivity index (χ0) is 13.9. The highest BCUT2D eigenvalue weighted by Crippen LogP contribution is 2.29. The summed E-state index contributed by atoms with van der Waals surface area (Å²) in [4.78, 5) is 4.13. The summed E-state index contributed by atoms with van der Waals surface area (Å²) < 4.78 is 0.940. The fraction of sp³-hybridized carbons (Fsp3) is 0.312. The molecule has 0 saturated heterocycles. The van der Waals surface area contributed by atoms with Crippen molar-refractivity contribution in [1.29, 1.82) is 0 Å². The minimum absolute atomic E-state index is 0.288. The first-order valence-corrected chi connectivity index (χ1v) is 7.12.